The summed E-state index contributed by atoms with van der Waals surface area (Å²) in [4.78, 5) is 41.1. The number of non-ortho nitro benzene ring substituents is 1. The highest BCUT2D eigenvalue weighted by Crippen LogP contribution is 2.24. The monoisotopic (exact) mass is 394 g/mol. The highest BCUT2D eigenvalue weighted by atomic mass is 35.5. The van der Waals surface area contributed by atoms with Gasteiger partial charge in [0, 0.05) is 51.4 Å². The fourth-order valence-corrected chi connectivity index (χ4v) is 3.70. The van der Waals surface area contributed by atoms with Gasteiger partial charge in [-0.1, -0.05) is 11.6 Å². The van der Waals surface area contributed by atoms with Crippen molar-refractivity contribution < 1.29 is 14.5 Å². The lowest BCUT2D eigenvalue weighted by atomic mass is 10.1. The summed E-state index contributed by atoms with van der Waals surface area (Å²) < 4.78 is 0. The molecule has 2 heterocycles. The number of amides is 2. The summed E-state index contributed by atoms with van der Waals surface area (Å²) in [6, 6.07) is 3.88. The second-order valence-electron chi connectivity index (χ2n) is 6.93. The average molecular weight is 395 g/mol. The minimum absolute atomic E-state index is 0.142. The first-order chi connectivity index (χ1) is 13.0. The summed E-state index contributed by atoms with van der Waals surface area (Å²) in [7, 11) is 0. The molecule has 2 aliphatic rings. The van der Waals surface area contributed by atoms with Crippen molar-refractivity contribution in [2.75, 3.05) is 45.8 Å². The summed E-state index contributed by atoms with van der Waals surface area (Å²) in [5.41, 5.74) is -0.0165. The largest absolute Gasteiger partial charge is 0.342 e. The van der Waals surface area contributed by atoms with Crippen molar-refractivity contribution in [3.8, 4) is 0 Å². The Labute approximate surface area is 162 Å². The van der Waals surface area contributed by atoms with Gasteiger partial charge in [-0.2, -0.15) is 0 Å². The zero-order chi connectivity index (χ0) is 19.4. The maximum Gasteiger partial charge on any atom is 0.270 e. The van der Waals surface area contributed by atoms with Gasteiger partial charge in [0.1, 0.15) is 0 Å². The number of carbonyl (C=O) groups is 2. The van der Waals surface area contributed by atoms with E-state index in [0.29, 0.717) is 32.7 Å². The van der Waals surface area contributed by atoms with Crippen molar-refractivity contribution in [1.82, 2.24) is 14.7 Å². The normalized spacial score (nSPS) is 18.4. The van der Waals surface area contributed by atoms with E-state index in [2.05, 4.69) is 4.90 Å². The predicted octanol–water partition coefficient (Wildman–Crippen LogP) is 2.02. The topological polar surface area (TPSA) is 87.0 Å². The van der Waals surface area contributed by atoms with Crippen LogP contribution in [0.4, 0.5) is 5.69 Å². The average Bonchev–Trinajstić information content (AvgIpc) is 2.69. The molecule has 27 heavy (non-hydrogen) atoms. The summed E-state index contributed by atoms with van der Waals surface area (Å²) in [5.74, 6) is -0.165. The Bertz CT molecular complexity index is 728. The number of nitro benzene ring substituents is 1. The molecule has 2 fully saturated rings. The molecule has 0 saturated carbocycles. The first-order valence-electron chi connectivity index (χ1n) is 9.19. The van der Waals surface area contributed by atoms with Crippen LogP contribution in [0.1, 0.15) is 29.6 Å². The molecular formula is C18H23ClN4O4. The molecule has 0 bridgehead atoms. The number of piperidine rings is 1. The molecule has 0 atom stereocenters. The van der Waals surface area contributed by atoms with Crippen molar-refractivity contribution in [1.29, 1.82) is 0 Å². The first-order valence-corrected chi connectivity index (χ1v) is 9.57. The second-order valence-corrected chi connectivity index (χ2v) is 7.34. The van der Waals surface area contributed by atoms with E-state index in [4.69, 9.17) is 11.6 Å². The van der Waals surface area contributed by atoms with Gasteiger partial charge in [-0.15, -0.1) is 0 Å². The van der Waals surface area contributed by atoms with Gasteiger partial charge in [0.05, 0.1) is 22.1 Å². The van der Waals surface area contributed by atoms with Crippen LogP contribution in [0.2, 0.25) is 5.02 Å². The standard InChI is InChI=1S/C18H23ClN4O4/c19-16-5-4-14(23(26)27)12-15(16)18(25)22-10-8-20(9-11-22)13-17(24)21-6-2-1-3-7-21/h4-5,12H,1-3,6-11,13H2. The number of hydrogen-bond acceptors (Lipinski definition) is 5. The van der Waals surface area contributed by atoms with Crippen LogP contribution in [-0.2, 0) is 4.79 Å². The third kappa shape index (κ3) is 4.75. The van der Waals surface area contributed by atoms with Gasteiger partial charge in [0.25, 0.3) is 11.6 Å². The molecule has 146 valence electrons. The quantitative estimate of drug-likeness (QED) is 0.576. The molecule has 0 spiro atoms. The summed E-state index contributed by atoms with van der Waals surface area (Å²) >= 11 is 6.07. The molecule has 2 saturated heterocycles. The molecule has 0 radical (unpaired) electrons. The van der Waals surface area contributed by atoms with Crippen molar-refractivity contribution in [3.63, 3.8) is 0 Å². The van der Waals surface area contributed by atoms with Gasteiger partial charge < -0.3 is 9.80 Å². The van der Waals surface area contributed by atoms with Crippen LogP contribution in [0.25, 0.3) is 0 Å². The molecule has 0 unspecified atom stereocenters. The van der Waals surface area contributed by atoms with E-state index in [1.54, 1.807) is 4.90 Å². The Kier molecular flexibility index (Phi) is 6.28. The maximum absolute atomic E-state index is 12.7. The van der Waals surface area contributed by atoms with Crippen LogP contribution in [0, 0.1) is 10.1 Å². The van der Waals surface area contributed by atoms with E-state index in [0.717, 1.165) is 25.9 Å². The molecule has 0 aromatic heterocycles. The van der Waals surface area contributed by atoms with Crippen molar-refractivity contribution in [2.45, 2.75) is 19.3 Å². The molecule has 2 amide bonds. The van der Waals surface area contributed by atoms with E-state index >= 15 is 0 Å². The molecular weight excluding hydrogens is 372 g/mol. The lowest BCUT2D eigenvalue weighted by Crippen LogP contribution is -2.52. The molecule has 9 heteroatoms. The highest BCUT2D eigenvalue weighted by molar-refractivity contribution is 6.33. The van der Waals surface area contributed by atoms with Crippen LogP contribution in [0.5, 0.6) is 0 Å². The number of nitro groups is 1. The Morgan fingerprint density at radius 1 is 1.00 bits per heavy atom. The van der Waals surface area contributed by atoms with Gasteiger partial charge in [-0.05, 0) is 25.3 Å². The van der Waals surface area contributed by atoms with Gasteiger partial charge >= 0.3 is 0 Å². The Morgan fingerprint density at radius 2 is 1.67 bits per heavy atom. The maximum atomic E-state index is 12.7. The van der Waals surface area contributed by atoms with Gasteiger partial charge in [0.15, 0.2) is 0 Å². The summed E-state index contributed by atoms with van der Waals surface area (Å²) in [6.45, 7) is 4.16. The fourth-order valence-electron chi connectivity index (χ4n) is 3.50. The van der Waals surface area contributed by atoms with Crippen LogP contribution in [0.3, 0.4) is 0 Å². The Balaban J connectivity index is 1.56. The SMILES string of the molecule is O=C(CN1CCN(C(=O)c2cc([N+](=O)[O-])ccc2Cl)CC1)N1CCCCC1. The molecule has 1 aromatic rings. The third-order valence-electron chi connectivity index (χ3n) is 5.12. The summed E-state index contributed by atoms with van der Waals surface area (Å²) in [6.07, 6.45) is 3.32. The lowest BCUT2D eigenvalue weighted by Gasteiger charge is -2.36. The molecule has 1 aromatic carbocycles. The fraction of sp³-hybridized carbons (Fsp3) is 0.556. The Morgan fingerprint density at radius 3 is 2.30 bits per heavy atom. The number of rotatable bonds is 4. The van der Waals surface area contributed by atoms with Crippen molar-refractivity contribution in [2.24, 2.45) is 0 Å². The van der Waals surface area contributed by atoms with Crippen LogP contribution < -0.4 is 0 Å². The van der Waals surface area contributed by atoms with Gasteiger partial charge in [-0.3, -0.25) is 24.6 Å². The lowest BCUT2D eigenvalue weighted by molar-refractivity contribution is -0.384. The third-order valence-corrected chi connectivity index (χ3v) is 5.45. The van der Waals surface area contributed by atoms with E-state index in [-0.39, 0.29) is 28.1 Å². The zero-order valence-electron chi connectivity index (χ0n) is 15.1. The number of benzene rings is 1. The van der Waals surface area contributed by atoms with Crippen LogP contribution >= 0.6 is 11.6 Å². The number of nitrogens with zero attached hydrogens (tertiary/aromatic N) is 4. The smallest absolute Gasteiger partial charge is 0.270 e. The second kappa shape index (κ2) is 8.67. The molecule has 0 N–H and O–H groups in total. The van der Waals surface area contributed by atoms with Crippen molar-refractivity contribution in [3.05, 3.63) is 38.9 Å². The summed E-state index contributed by atoms with van der Waals surface area (Å²) in [5, 5.41) is 11.1. The number of carbonyl (C=O) groups excluding carboxylic acids is 2. The predicted molar refractivity (Wildman–Crippen MR) is 101 cm³/mol. The van der Waals surface area contributed by atoms with E-state index in [1.165, 1.54) is 24.6 Å². The van der Waals surface area contributed by atoms with Crippen molar-refractivity contribution >= 4 is 29.1 Å². The highest BCUT2D eigenvalue weighted by Gasteiger charge is 2.27. The zero-order valence-corrected chi connectivity index (χ0v) is 15.9. The van der Waals surface area contributed by atoms with Crippen LogP contribution in [-0.4, -0.2) is 77.3 Å². The molecule has 3 rings (SSSR count). The van der Waals surface area contributed by atoms with E-state index < -0.39 is 4.92 Å². The number of hydrogen-bond donors (Lipinski definition) is 0. The number of likely N-dealkylation sites (tertiary alicyclic amines) is 1. The molecule has 2 aliphatic heterocycles. The van der Waals surface area contributed by atoms with Crippen LogP contribution in [0.15, 0.2) is 18.2 Å². The van der Waals surface area contributed by atoms with Gasteiger partial charge in [-0.25, -0.2) is 0 Å². The number of piperazine rings is 1. The molecule has 8 nitrogen and oxygen atoms in total. The van der Waals surface area contributed by atoms with E-state index in [1.807, 2.05) is 4.90 Å². The van der Waals surface area contributed by atoms with Gasteiger partial charge in [0.2, 0.25) is 5.91 Å². The minimum atomic E-state index is -0.544. The van der Waals surface area contributed by atoms with E-state index in [9.17, 15) is 19.7 Å². The molecule has 0 aliphatic carbocycles. The minimum Gasteiger partial charge on any atom is -0.342 e. The number of halogens is 1. The Hall–Kier alpha value is -2.19. The first kappa shape index (κ1) is 19.6.